The van der Waals surface area contributed by atoms with Crippen molar-refractivity contribution in [2.24, 2.45) is 0 Å². The van der Waals surface area contributed by atoms with E-state index in [9.17, 15) is 13.2 Å². The van der Waals surface area contributed by atoms with Crippen molar-refractivity contribution >= 4 is 35.5 Å². The van der Waals surface area contributed by atoms with Gasteiger partial charge in [0.05, 0.1) is 30.2 Å². The Morgan fingerprint density at radius 3 is 2.31 bits per heavy atom. The number of rotatable bonds is 11. The van der Waals surface area contributed by atoms with Crippen molar-refractivity contribution in [3.8, 4) is 11.5 Å². The molecule has 0 saturated carbocycles. The Hall–Kier alpha value is -3.64. The van der Waals surface area contributed by atoms with Crippen LogP contribution in [0.3, 0.4) is 0 Å². The van der Waals surface area contributed by atoms with Gasteiger partial charge >= 0.3 is 0 Å². The molecule has 1 aliphatic heterocycles. The largest absolute Gasteiger partial charge is 0.493 e. The molecule has 1 aliphatic rings. The predicted octanol–water partition coefficient (Wildman–Crippen LogP) is 6.08. The van der Waals surface area contributed by atoms with E-state index in [4.69, 9.17) is 19.6 Å². The highest BCUT2D eigenvalue weighted by Crippen LogP contribution is 2.38. The van der Waals surface area contributed by atoms with E-state index in [1.807, 2.05) is 30.3 Å². The molecule has 0 radical (unpaired) electrons. The summed E-state index contributed by atoms with van der Waals surface area (Å²) in [5.41, 5.74) is 10.0. The molecule has 1 atom stereocenters. The Kier molecular flexibility index (Phi) is 10.5. The van der Waals surface area contributed by atoms with Crippen molar-refractivity contribution in [3.05, 3.63) is 89.5 Å². The molecule has 0 aliphatic carbocycles. The van der Waals surface area contributed by atoms with Crippen LogP contribution < -0.4 is 19.9 Å². The highest BCUT2D eigenvalue weighted by molar-refractivity contribution is 7.89. The predicted molar refractivity (Wildman–Crippen MR) is 181 cm³/mol. The standard InChI is InChI=1S/C34H45N3O6SSi/c1-34(2,3)45(6,7)43-23-27-19-26(25-13-15-28(16-14-25)44(39,40)36-4)17-18-37(27)33(38)29-20-31(41-5)32(21-30(29)35)42-22-24-11-9-8-10-12-24/h8-16,19-21,27,36H,17-18,22-23,35H2,1-7H3/t27-/m0/s1. The Labute approximate surface area is 268 Å². The molecule has 9 nitrogen and oxygen atoms in total. The molecule has 0 bridgehead atoms. The van der Waals surface area contributed by atoms with E-state index in [0.29, 0.717) is 48.9 Å². The van der Waals surface area contributed by atoms with Crippen molar-refractivity contribution in [3.63, 3.8) is 0 Å². The fourth-order valence-electron chi connectivity index (χ4n) is 4.84. The lowest BCUT2D eigenvalue weighted by molar-refractivity contribution is 0.0655. The van der Waals surface area contributed by atoms with E-state index in [1.165, 1.54) is 14.2 Å². The average molecular weight is 652 g/mol. The molecule has 4 rings (SSSR count). The van der Waals surface area contributed by atoms with E-state index >= 15 is 0 Å². The van der Waals surface area contributed by atoms with Gasteiger partial charge in [-0.25, -0.2) is 13.1 Å². The summed E-state index contributed by atoms with van der Waals surface area (Å²) >= 11 is 0. The number of amides is 1. The lowest BCUT2D eigenvalue weighted by atomic mass is 9.95. The summed E-state index contributed by atoms with van der Waals surface area (Å²) in [6, 6.07) is 19.5. The van der Waals surface area contributed by atoms with E-state index in [0.717, 1.165) is 16.7 Å². The van der Waals surface area contributed by atoms with Gasteiger partial charge in [-0.3, -0.25) is 4.79 Å². The van der Waals surface area contributed by atoms with Gasteiger partial charge < -0.3 is 24.5 Å². The van der Waals surface area contributed by atoms with Crippen LogP contribution in [-0.2, 0) is 21.1 Å². The second-order valence-electron chi connectivity index (χ2n) is 12.7. The summed E-state index contributed by atoms with van der Waals surface area (Å²) in [6.07, 6.45) is 2.64. The van der Waals surface area contributed by atoms with Gasteiger partial charge in [-0.1, -0.05) is 69.3 Å². The zero-order valence-electron chi connectivity index (χ0n) is 27.2. The fourth-order valence-corrected chi connectivity index (χ4v) is 6.59. The molecule has 1 amide bonds. The first-order valence-electron chi connectivity index (χ1n) is 15.0. The molecule has 0 fully saturated rings. The number of nitrogens with one attached hydrogen (secondary N) is 1. The van der Waals surface area contributed by atoms with E-state index in [1.54, 1.807) is 41.3 Å². The number of nitrogens with two attached hydrogens (primary N) is 1. The van der Waals surface area contributed by atoms with Crippen LogP contribution in [0.25, 0.3) is 5.57 Å². The minimum atomic E-state index is -3.55. The van der Waals surface area contributed by atoms with Gasteiger partial charge in [0.15, 0.2) is 19.8 Å². The molecular weight excluding hydrogens is 607 g/mol. The Morgan fingerprint density at radius 1 is 1.04 bits per heavy atom. The van der Waals surface area contributed by atoms with E-state index < -0.39 is 18.3 Å². The zero-order chi connectivity index (χ0) is 33.0. The highest BCUT2D eigenvalue weighted by Gasteiger charge is 2.39. The van der Waals surface area contributed by atoms with Crippen molar-refractivity contribution < 1.29 is 27.1 Å². The fraction of sp³-hybridized carbons (Fsp3) is 0.382. The Morgan fingerprint density at radius 2 is 1.71 bits per heavy atom. The zero-order valence-corrected chi connectivity index (χ0v) is 29.0. The van der Waals surface area contributed by atoms with Gasteiger partial charge in [0, 0.05) is 18.3 Å². The number of nitrogens with zero attached hydrogens (tertiary/aromatic N) is 1. The number of carbonyl (C=O) groups excluding carboxylic acids is 1. The van der Waals surface area contributed by atoms with Gasteiger partial charge in [0.25, 0.3) is 5.91 Å². The van der Waals surface area contributed by atoms with Crippen LogP contribution in [0, 0.1) is 0 Å². The molecule has 242 valence electrons. The maximum absolute atomic E-state index is 14.1. The monoisotopic (exact) mass is 651 g/mol. The smallest absolute Gasteiger partial charge is 0.256 e. The summed E-state index contributed by atoms with van der Waals surface area (Å²) in [5, 5.41) is -0.00887. The maximum atomic E-state index is 14.1. The molecule has 1 heterocycles. The van der Waals surface area contributed by atoms with Gasteiger partial charge in [-0.15, -0.1) is 0 Å². The summed E-state index contributed by atoms with van der Waals surface area (Å²) in [7, 11) is -2.76. The maximum Gasteiger partial charge on any atom is 0.256 e. The van der Waals surface area contributed by atoms with Crippen LogP contribution >= 0.6 is 0 Å². The SMILES string of the molecule is CNS(=O)(=O)c1ccc(C2=C[C@@H](CO[Si](C)(C)C(C)(C)C)N(C(=O)c3cc(OC)c(OCc4ccccc4)cc3N)CC2)cc1. The van der Waals surface area contributed by atoms with Crippen molar-refractivity contribution in [1.82, 2.24) is 9.62 Å². The summed E-state index contributed by atoms with van der Waals surface area (Å²) in [4.78, 5) is 16.1. The molecule has 0 aromatic heterocycles. The van der Waals surface area contributed by atoms with E-state index in [-0.39, 0.29) is 21.9 Å². The minimum absolute atomic E-state index is 0.00887. The number of methoxy groups -OCH3 is 1. The summed E-state index contributed by atoms with van der Waals surface area (Å²) in [5.74, 6) is 0.648. The van der Waals surface area contributed by atoms with Crippen molar-refractivity contribution in [1.29, 1.82) is 0 Å². The van der Waals surface area contributed by atoms with Crippen LogP contribution in [-0.4, -0.2) is 60.9 Å². The summed E-state index contributed by atoms with van der Waals surface area (Å²) in [6.45, 7) is 12.0. The number of carbonyl (C=O) groups is 1. The molecule has 0 saturated heterocycles. The van der Waals surface area contributed by atoms with Crippen LogP contribution in [0.2, 0.25) is 18.1 Å². The van der Waals surface area contributed by atoms with Crippen LogP contribution in [0.4, 0.5) is 5.69 Å². The number of benzene rings is 3. The lowest BCUT2D eigenvalue weighted by Crippen LogP contribution is -2.49. The number of nitrogen functional groups attached to an aromatic ring is 1. The highest BCUT2D eigenvalue weighted by atomic mass is 32.2. The normalized spacial score (nSPS) is 15.8. The van der Waals surface area contributed by atoms with Gasteiger partial charge in [0.2, 0.25) is 10.0 Å². The number of hydrogen-bond acceptors (Lipinski definition) is 7. The topological polar surface area (TPSA) is 120 Å². The first kappa shape index (κ1) is 34.2. The Balaban J connectivity index is 1.64. The van der Waals surface area contributed by atoms with E-state index in [2.05, 4.69) is 44.7 Å². The number of sulfonamides is 1. The number of hydrogen-bond donors (Lipinski definition) is 2. The molecular formula is C34H45N3O6SSi. The minimum Gasteiger partial charge on any atom is -0.493 e. The molecule has 3 N–H and O–H groups in total. The van der Waals surface area contributed by atoms with Crippen molar-refractivity contribution in [2.45, 2.75) is 62.9 Å². The second kappa shape index (κ2) is 13.8. The first-order chi connectivity index (χ1) is 21.2. The molecule has 3 aromatic carbocycles. The molecule has 3 aromatic rings. The molecule has 11 heteroatoms. The molecule has 45 heavy (non-hydrogen) atoms. The van der Waals surface area contributed by atoms with Gasteiger partial charge in [-0.05, 0) is 66.5 Å². The van der Waals surface area contributed by atoms with Gasteiger partial charge in [0.1, 0.15) is 6.61 Å². The Bertz CT molecular complexity index is 1630. The molecule has 0 spiro atoms. The number of ether oxygens (including phenoxy) is 2. The van der Waals surface area contributed by atoms with Crippen LogP contribution in [0.1, 0.15) is 48.7 Å². The quantitative estimate of drug-likeness (QED) is 0.190. The van der Waals surface area contributed by atoms with Crippen molar-refractivity contribution in [2.75, 3.05) is 33.0 Å². The van der Waals surface area contributed by atoms with Gasteiger partial charge in [-0.2, -0.15) is 0 Å². The third-order valence-electron chi connectivity index (χ3n) is 8.71. The third-order valence-corrected chi connectivity index (χ3v) is 14.6. The van der Waals surface area contributed by atoms with Crippen LogP contribution in [0.15, 0.2) is 77.7 Å². The second-order valence-corrected chi connectivity index (χ2v) is 19.4. The number of anilines is 1. The summed E-state index contributed by atoms with van der Waals surface area (Å²) < 4.78 is 45.1. The first-order valence-corrected chi connectivity index (χ1v) is 19.4. The molecule has 0 unspecified atom stereocenters. The average Bonchev–Trinajstić information content (AvgIpc) is 3.02. The lowest BCUT2D eigenvalue weighted by Gasteiger charge is -2.40. The van der Waals surface area contributed by atoms with Crippen LogP contribution in [0.5, 0.6) is 11.5 Å². The third kappa shape index (κ3) is 7.96.